The van der Waals surface area contributed by atoms with Gasteiger partial charge in [0.1, 0.15) is 0 Å². The van der Waals surface area contributed by atoms with E-state index in [9.17, 15) is 4.79 Å². The molecule has 0 atom stereocenters. The highest BCUT2D eigenvalue weighted by Gasteiger charge is 2.13. The number of aryl methyl sites for hydroxylation is 1. The number of rotatable bonds is 2. The SMILES string of the molecule is Cc1ccc2cccc(NC(=O)c3ncccc3N)c2n1. The van der Waals surface area contributed by atoms with Crippen LogP contribution in [0.3, 0.4) is 0 Å². The van der Waals surface area contributed by atoms with Crippen LogP contribution in [0.4, 0.5) is 11.4 Å². The lowest BCUT2D eigenvalue weighted by Gasteiger charge is -2.09. The number of nitrogens with zero attached hydrogens (tertiary/aromatic N) is 2. The van der Waals surface area contributed by atoms with E-state index in [1.165, 1.54) is 6.20 Å². The molecule has 5 nitrogen and oxygen atoms in total. The minimum Gasteiger partial charge on any atom is -0.397 e. The molecule has 0 aliphatic rings. The van der Waals surface area contributed by atoms with Gasteiger partial charge in [0, 0.05) is 17.3 Å². The van der Waals surface area contributed by atoms with Crippen molar-refractivity contribution < 1.29 is 4.79 Å². The first-order valence-electron chi connectivity index (χ1n) is 6.53. The van der Waals surface area contributed by atoms with Gasteiger partial charge in [0.2, 0.25) is 0 Å². The van der Waals surface area contributed by atoms with Crippen molar-refractivity contribution in [2.45, 2.75) is 6.92 Å². The van der Waals surface area contributed by atoms with Crippen LogP contribution < -0.4 is 11.1 Å². The second kappa shape index (κ2) is 5.20. The van der Waals surface area contributed by atoms with Crippen molar-refractivity contribution in [1.29, 1.82) is 0 Å². The highest BCUT2D eigenvalue weighted by Crippen LogP contribution is 2.22. The molecule has 0 aliphatic carbocycles. The fourth-order valence-corrected chi connectivity index (χ4v) is 2.13. The van der Waals surface area contributed by atoms with Crippen molar-refractivity contribution in [1.82, 2.24) is 9.97 Å². The third kappa shape index (κ3) is 2.53. The number of nitrogens with two attached hydrogens (primary N) is 1. The van der Waals surface area contributed by atoms with E-state index >= 15 is 0 Å². The summed E-state index contributed by atoms with van der Waals surface area (Å²) in [5.41, 5.74) is 8.62. The minimum atomic E-state index is -0.344. The van der Waals surface area contributed by atoms with Crippen molar-refractivity contribution in [3.05, 3.63) is 60.0 Å². The Hall–Kier alpha value is -2.95. The number of carbonyl (C=O) groups excluding carboxylic acids is 1. The number of pyridine rings is 2. The first-order valence-corrected chi connectivity index (χ1v) is 6.53. The zero-order valence-electron chi connectivity index (χ0n) is 11.5. The van der Waals surface area contributed by atoms with Crippen molar-refractivity contribution in [3.8, 4) is 0 Å². The standard InChI is InChI=1S/C16H14N4O/c1-10-7-8-11-4-2-6-13(14(11)19-10)20-16(21)15-12(17)5-3-9-18-15/h2-9H,17H2,1H3,(H,20,21). The lowest BCUT2D eigenvalue weighted by atomic mass is 10.1. The Kier molecular flexibility index (Phi) is 3.23. The third-order valence-corrected chi connectivity index (χ3v) is 3.16. The van der Waals surface area contributed by atoms with Crippen LogP contribution in [0, 0.1) is 6.92 Å². The molecule has 1 aromatic carbocycles. The lowest BCUT2D eigenvalue weighted by Crippen LogP contribution is -2.16. The maximum Gasteiger partial charge on any atom is 0.276 e. The van der Waals surface area contributed by atoms with Crippen LogP contribution >= 0.6 is 0 Å². The van der Waals surface area contributed by atoms with Crippen molar-refractivity contribution in [3.63, 3.8) is 0 Å². The maximum atomic E-state index is 12.3. The molecule has 5 heteroatoms. The number of anilines is 2. The Labute approximate surface area is 121 Å². The molecule has 21 heavy (non-hydrogen) atoms. The van der Waals surface area contributed by atoms with E-state index in [1.807, 2.05) is 37.3 Å². The highest BCUT2D eigenvalue weighted by atomic mass is 16.1. The van der Waals surface area contributed by atoms with E-state index in [0.717, 1.165) is 16.6 Å². The fourth-order valence-electron chi connectivity index (χ4n) is 2.13. The average Bonchev–Trinajstić information content (AvgIpc) is 2.48. The van der Waals surface area contributed by atoms with Gasteiger partial charge >= 0.3 is 0 Å². The predicted octanol–water partition coefficient (Wildman–Crippen LogP) is 2.77. The van der Waals surface area contributed by atoms with Gasteiger partial charge < -0.3 is 11.1 Å². The lowest BCUT2D eigenvalue weighted by molar-refractivity contribution is 0.102. The summed E-state index contributed by atoms with van der Waals surface area (Å²) in [6.45, 7) is 1.91. The molecule has 0 fully saturated rings. The first-order chi connectivity index (χ1) is 10.1. The largest absolute Gasteiger partial charge is 0.397 e. The smallest absolute Gasteiger partial charge is 0.276 e. The molecular weight excluding hydrogens is 264 g/mol. The number of fused-ring (bicyclic) bond motifs is 1. The van der Waals surface area contributed by atoms with Crippen molar-refractivity contribution >= 4 is 28.2 Å². The van der Waals surface area contributed by atoms with Gasteiger partial charge in [0.05, 0.1) is 16.9 Å². The van der Waals surface area contributed by atoms with Crippen LogP contribution in [0.2, 0.25) is 0 Å². The Morgan fingerprint density at radius 3 is 2.81 bits per heavy atom. The van der Waals surface area contributed by atoms with E-state index in [-0.39, 0.29) is 11.6 Å². The number of nitrogens with one attached hydrogen (secondary N) is 1. The van der Waals surface area contributed by atoms with E-state index < -0.39 is 0 Å². The number of hydrogen-bond donors (Lipinski definition) is 2. The van der Waals surface area contributed by atoms with Gasteiger partial charge in [-0.1, -0.05) is 18.2 Å². The molecule has 0 saturated carbocycles. The van der Waals surface area contributed by atoms with E-state index in [1.54, 1.807) is 12.1 Å². The summed E-state index contributed by atoms with van der Waals surface area (Å²) in [6, 6.07) is 12.9. The normalized spacial score (nSPS) is 10.5. The van der Waals surface area contributed by atoms with Crippen LogP contribution in [0.25, 0.3) is 10.9 Å². The van der Waals surface area contributed by atoms with E-state index in [2.05, 4.69) is 15.3 Å². The zero-order chi connectivity index (χ0) is 14.8. The van der Waals surface area contributed by atoms with Gasteiger partial charge in [0.15, 0.2) is 5.69 Å². The van der Waals surface area contributed by atoms with Gasteiger partial charge in [-0.3, -0.25) is 9.78 Å². The minimum absolute atomic E-state index is 0.210. The molecule has 1 amide bonds. The quantitative estimate of drug-likeness (QED) is 0.755. The predicted molar refractivity (Wildman–Crippen MR) is 83.1 cm³/mol. The second-order valence-corrected chi connectivity index (χ2v) is 4.73. The van der Waals surface area contributed by atoms with Crippen LogP contribution in [-0.4, -0.2) is 15.9 Å². The molecule has 104 valence electrons. The van der Waals surface area contributed by atoms with Crippen LogP contribution in [0.15, 0.2) is 48.7 Å². The summed E-state index contributed by atoms with van der Waals surface area (Å²) in [4.78, 5) is 20.8. The van der Waals surface area contributed by atoms with Crippen molar-refractivity contribution in [2.24, 2.45) is 0 Å². The number of carbonyl (C=O) groups is 1. The number of amides is 1. The van der Waals surface area contributed by atoms with Gasteiger partial charge in [-0.15, -0.1) is 0 Å². The van der Waals surface area contributed by atoms with Crippen LogP contribution in [0.1, 0.15) is 16.2 Å². The summed E-state index contributed by atoms with van der Waals surface area (Å²) in [6.07, 6.45) is 1.54. The van der Waals surface area contributed by atoms with Crippen LogP contribution in [-0.2, 0) is 0 Å². The molecule has 0 radical (unpaired) electrons. The number of aromatic nitrogens is 2. The fraction of sp³-hybridized carbons (Fsp3) is 0.0625. The summed E-state index contributed by atoms with van der Waals surface area (Å²) in [5.74, 6) is -0.344. The molecule has 0 unspecified atom stereocenters. The summed E-state index contributed by atoms with van der Waals surface area (Å²) >= 11 is 0. The average molecular weight is 278 g/mol. The Morgan fingerprint density at radius 1 is 1.14 bits per heavy atom. The van der Waals surface area contributed by atoms with Gasteiger partial charge in [-0.05, 0) is 31.2 Å². The molecule has 0 spiro atoms. The number of nitrogen functional groups attached to an aromatic ring is 1. The Bertz CT molecular complexity index is 829. The number of benzene rings is 1. The molecule has 0 bridgehead atoms. The number of hydrogen-bond acceptors (Lipinski definition) is 4. The molecular formula is C16H14N4O. The summed E-state index contributed by atoms with van der Waals surface area (Å²) in [5, 5.41) is 3.79. The van der Waals surface area contributed by atoms with Crippen molar-refractivity contribution in [2.75, 3.05) is 11.1 Å². The summed E-state index contributed by atoms with van der Waals surface area (Å²) < 4.78 is 0. The zero-order valence-corrected chi connectivity index (χ0v) is 11.5. The molecule has 3 aromatic rings. The Morgan fingerprint density at radius 2 is 2.00 bits per heavy atom. The molecule has 3 N–H and O–H groups in total. The first kappa shape index (κ1) is 13.1. The summed E-state index contributed by atoms with van der Waals surface area (Å²) in [7, 11) is 0. The number of para-hydroxylation sites is 1. The molecule has 2 aromatic heterocycles. The third-order valence-electron chi connectivity index (χ3n) is 3.16. The molecule has 3 rings (SSSR count). The Balaban J connectivity index is 2.00. The topological polar surface area (TPSA) is 80.9 Å². The molecule has 0 saturated heterocycles. The van der Waals surface area contributed by atoms with Crippen LogP contribution in [0.5, 0.6) is 0 Å². The monoisotopic (exact) mass is 278 g/mol. The molecule has 0 aliphatic heterocycles. The molecule has 2 heterocycles. The second-order valence-electron chi connectivity index (χ2n) is 4.73. The van der Waals surface area contributed by atoms with E-state index in [4.69, 9.17) is 5.73 Å². The van der Waals surface area contributed by atoms with Gasteiger partial charge in [0.25, 0.3) is 5.91 Å². The van der Waals surface area contributed by atoms with E-state index in [0.29, 0.717) is 11.4 Å². The van der Waals surface area contributed by atoms with Gasteiger partial charge in [-0.2, -0.15) is 0 Å². The van der Waals surface area contributed by atoms with Gasteiger partial charge in [-0.25, -0.2) is 4.98 Å². The highest BCUT2D eigenvalue weighted by molar-refractivity contribution is 6.09. The maximum absolute atomic E-state index is 12.3.